The molecule has 4 heterocycles. The first-order chi connectivity index (χ1) is 33.3. The molecule has 360 valence electrons. The van der Waals surface area contributed by atoms with E-state index in [1.54, 1.807) is 18.2 Å². The van der Waals surface area contributed by atoms with Crippen molar-refractivity contribution in [2.45, 2.75) is 32.5 Å². The Morgan fingerprint density at radius 3 is 2.36 bits per heavy atom. The maximum atomic E-state index is 15.6. The molecule has 6 aromatic rings. The molecule has 3 N–H and O–H groups in total. The number of ketones is 1. The number of pyridine rings is 1. The van der Waals surface area contributed by atoms with Gasteiger partial charge in [-0.2, -0.15) is 0 Å². The molecule has 22 heteroatoms. The van der Waals surface area contributed by atoms with Gasteiger partial charge in [0.2, 0.25) is 29.0 Å². The molecule has 2 unspecified atom stereocenters. The number of carbonyl (C=O) groups is 6. The number of rotatable bonds is 12. The molecule has 3 aliphatic rings. The number of alkyl halides is 3. The van der Waals surface area contributed by atoms with Crippen molar-refractivity contribution in [2.75, 3.05) is 37.4 Å². The van der Waals surface area contributed by atoms with Crippen molar-refractivity contribution < 1.29 is 65.3 Å². The van der Waals surface area contributed by atoms with Gasteiger partial charge in [-0.1, -0.05) is 0 Å². The Balaban J connectivity index is 0.805. The minimum absolute atomic E-state index is 0.0769. The van der Waals surface area contributed by atoms with Crippen LogP contribution >= 0.6 is 0 Å². The Labute approximate surface area is 392 Å². The quantitative estimate of drug-likeness (QED) is 0.0980. The normalized spacial score (nSPS) is 16.9. The second kappa shape index (κ2) is 18.2. The van der Waals surface area contributed by atoms with E-state index in [0.717, 1.165) is 24.5 Å². The lowest BCUT2D eigenvalue weighted by atomic mass is 9.83. The highest BCUT2D eigenvalue weighted by Gasteiger charge is 2.42. The van der Waals surface area contributed by atoms with E-state index in [0.29, 0.717) is 29.7 Å². The number of nitrogens with one attached hydrogen (secondary N) is 3. The highest BCUT2D eigenvalue weighted by molar-refractivity contribution is 6.08. The van der Waals surface area contributed by atoms with Crippen molar-refractivity contribution in [1.29, 1.82) is 0 Å². The Kier molecular flexibility index (Phi) is 12.2. The highest BCUT2D eigenvalue weighted by atomic mass is 19.4. The van der Waals surface area contributed by atoms with E-state index in [-0.39, 0.29) is 99.0 Å². The van der Waals surface area contributed by atoms with Crippen LogP contribution < -0.4 is 40.3 Å². The van der Waals surface area contributed by atoms with Gasteiger partial charge < -0.3 is 39.0 Å². The molecule has 2 fully saturated rings. The molecule has 0 radical (unpaired) electrons. The summed E-state index contributed by atoms with van der Waals surface area (Å²) in [7, 11) is 2.88. The molecule has 0 saturated carbocycles. The van der Waals surface area contributed by atoms with Gasteiger partial charge in [-0.15, -0.1) is 13.2 Å². The van der Waals surface area contributed by atoms with E-state index in [1.807, 2.05) is 0 Å². The van der Waals surface area contributed by atoms with Crippen molar-refractivity contribution >= 4 is 68.5 Å². The molecule has 0 spiro atoms. The molecule has 5 amide bonds. The molecule has 18 nitrogen and oxygen atoms in total. The van der Waals surface area contributed by atoms with Crippen LogP contribution in [-0.4, -0.2) is 87.9 Å². The lowest BCUT2D eigenvalue weighted by Crippen LogP contribution is -2.55. The van der Waals surface area contributed by atoms with Gasteiger partial charge in [-0.05, 0) is 79.9 Å². The second-order valence-corrected chi connectivity index (χ2v) is 16.9. The van der Waals surface area contributed by atoms with Crippen molar-refractivity contribution in [3.8, 4) is 28.9 Å². The summed E-state index contributed by atoms with van der Waals surface area (Å²) in [4.78, 5) is 100. The van der Waals surface area contributed by atoms with E-state index in [2.05, 4.69) is 30.7 Å². The zero-order chi connectivity index (χ0) is 49.8. The SMILES string of the molecule is COc1cc2c(Oc3ccc(NC(=O)c4c(C)n(C)c5ccc(OC(F)(F)F)cc5c4=O)cc3F)ncnc2cc1OCC(=O)N1CC(C(=O)Nc2ccc3c(c2)CC(C2CCC(=O)NC2=O)C3=O)C1. The number of piperidine rings is 1. The average molecular weight is 966 g/mol. The monoisotopic (exact) mass is 965 g/mol. The molecule has 9 rings (SSSR count). The zero-order valence-electron chi connectivity index (χ0n) is 37.2. The van der Waals surface area contributed by atoms with Crippen LogP contribution in [0.2, 0.25) is 0 Å². The van der Waals surface area contributed by atoms with Crippen LogP contribution in [-0.2, 0) is 32.6 Å². The Morgan fingerprint density at radius 2 is 1.63 bits per heavy atom. The standard InChI is InChI=1S/C48H39F4N7O11/c1-22-41(43(63)32-15-27(70-48(50,51)52)6-9-35(32)58(22)2)46(66)56-26-5-10-36(33(49)14-26)69-47-31-16-37(67-3)38(17-34(31)53-21-54-47)68-20-40(61)59-18-24(19-59)44(64)55-25-4-7-28-23(12-25)13-30(42(28)62)29-8-11-39(60)57-45(29)65/h4-7,9-10,12,14-17,21,24,29-30H,8,11,13,18-20H2,1-3H3,(H,55,64)(H,56,66)(H,57,60,65). The van der Waals surface area contributed by atoms with Gasteiger partial charge in [0.05, 0.1) is 34.8 Å². The van der Waals surface area contributed by atoms with Crippen molar-refractivity contribution in [2.24, 2.45) is 24.8 Å². The number of hydrogen-bond acceptors (Lipinski definition) is 13. The molecule has 1 aliphatic carbocycles. The molecule has 2 aromatic heterocycles. The summed E-state index contributed by atoms with van der Waals surface area (Å²) in [6.07, 6.45) is -3.08. The number of halogens is 4. The summed E-state index contributed by atoms with van der Waals surface area (Å²) in [5, 5.41) is 7.66. The van der Waals surface area contributed by atoms with Crippen LogP contribution in [0.1, 0.15) is 44.8 Å². The summed E-state index contributed by atoms with van der Waals surface area (Å²) >= 11 is 0. The number of aromatic nitrogens is 3. The van der Waals surface area contributed by atoms with Crippen molar-refractivity contribution in [3.63, 3.8) is 0 Å². The fraction of sp³-hybridized carbons (Fsp3) is 0.271. The number of ether oxygens (including phenoxy) is 4. The minimum Gasteiger partial charge on any atom is -0.493 e. The third-order valence-corrected chi connectivity index (χ3v) is 12.5. The number of Topliss-reactive ketones (excluding diaryl/α,β-unsaturated/α-hetero) is 1. The summed E-state index contributed by atoms with van der Waals surface area (Å²) in [5.41, 5.74) is 1.02. The summed E-state index contributed by atoms with van der Waals surface area (Å²) < 4.78 is 76.8. The number of methoxy groups -OCH3 is 1. The lowest BCUT2D eigenvalue weighted by molar-refractivity contribution is -0.274. The van der Waals surface area contributed by atoms with E-state index >= 15 is 4.39 Å². The molecule has 2 saturated heterocycles. The number of likely N-dealkylation sites (tertiary alicyclic amines) is 1. The predicted octanol–water partition coefficient (Wildman–Crippen LogP) is 5.76. The fourth-order valence-electron chi connectivity index (χ4n) is 8.81. The summed E-state index contributed by atoms with van der Waals surface area (Å²) in [5.74, 6) is -6.08. The number of benzene rings is 4. The number of imide groups is 1. The minimum atomic E-state index is -5.01. The average Bonchev–Trinajstić information content (AvgIpc) is 3.61. The number of fused-ring (bicyclic) bond motifs is 3. The summed E-state index contributed by atoms with van der Waals surface area (Å²) in [6, 6.07) is 14.5. The Bertz CT molecular complexity index is 3280. The van der Waals surface area contributed by atoms with Gasteiger partial charge in [0.1, 0.15) is 17.6 Å². The maximum absolute atomic E-state index is 15.6. The van der Waals surface area contributed by atoms with Gasteiger partial charge in [-0.3, -0.25) is 38.9 Å². The molecule has 70 heavy (non-hydrogen) atoms. The third kappa shape index (κ3) is 9.13. The van der Waals surface area contributed by atoms with Crippen molar-refractivity contribution in [3.05, 3.63) is 111 Å². The Morgan fingerprint density at radius 1 is 0.871 bits per heavy atom. The lowest BCUT2D eigenvalue weighted by Gasteiger charge is -2.38. The van der Waals surface area contributed by atoms with E-state index in [4.69, 9.17) is 14.2 Å². The molecule has 2 aliphatic heterocycles. The van der Waals surface area contributed by atoms with Crippen LogP contribution in [0.15, 0.2) is 77.9 Å². The van der Waals surface area contributed by atoms with Crippen LogP contribution in [0.5, 0.6) is 28.9 Å². The van der Waals surface area contributed by atoms with Crippen LogP contribution in [0.3, 0.4) is 0 Å². The highest BCUT2D eigenvalue weighted by Crippen LogP contribution is 2.39. The van der Waals surface area contributed by atoms with Gasteiger partial charge in [0.15, 0.2) is 35.5 Å². The topological polar surface area (TPSA) is 226 Å². The molecular formula is C48H39F4N7O11. The number of aryl methyl sites for hydroxylation is 1. The first kappa shape index (κ1) is 46.7. The predicted molar refractivity (Wildman–Crippen MR) is 239 cm³/mol. The number of amides is 5. The van der Waals surface area contributed by atoms with E-state index in [9.17, 15) is 46.7 Å². The molecular weight excluding hydrogens is 927 g/mol. The van der Waals surface area contributed by atoms with Crippen LogP contribution in [0.25, 0.3) is 21.8 Å². The largest absolute Gasteiger partial charge is 0.573 e. The number of nitrogens with zero attached hydrogens (tertiary/aromatic N) is 4. The first-order valence-electron chi connectivity index (χ1n) is 21.6. The fourth-order valence-corrected chi connectivity index (χ4v) is 8.81. The number of carbonyl (C=O) groups excluding carboxylic acids is 6. The van der Waals surface area contributed by atoms with Crippen molar-refractivity contribution in [1.82, 2.24) is 24.8 Å². The summed E-state index contributed by atoms with van der Waals surface area (Å²) in [6.45, 7) is 1.31. The van der Waals surface area contributed by atoms with Gasteiger partial charge >= 0.3 is 6.36 Å². The number of anilines is 2. The van der Waals surface area contributed by atoms with Gasteiger partial charge in [0.25, 0.3) is 11.8 Å². The Hall–Kier alpha value is -8.43. The molecule has 2 atom stereocenters. The molecule has 0 bridgehead atoms. The van der Waals surface area contributed by atoms with E-state index in [1.165, 1.54) is 60.9 Å². The zero-order valence-corrected chi connectivity index (χ0v) is 37.2. The van der Waals surface area contributed by atoms with Gasteiger partial charge in [-0.25, -0.2) is 14.4 Å². The van der Waals surface area contributed by atoms with Gasteiger partial charge in [0, 0.05) is 73.2 Å². The van der Waals surface area contributed by atoms with Crippen LogP contribution in [0.4, 0.5) is 28.9 Å². The first-order valence-corrected chi connectivity index (χ1v) is 21.6. The third-order valence-electron chi connectivity index (χ3n) is 12.5. The second-order valence-electron chi connectivity index (χ2n) is 16.9. The van der Waals surface area contributed by atoms with E-state index < -0.39 is 65.4 Å². The maximum Gasteiger partial charge on any atom is 0.573 e. The molecule has 4 aromatic carbocycles. The smallest absolute Gasteiger partial charge is 0.493 e. The number of hydrogen-bond donors (Lipinski definition) is 3. The van der Waals surface area contributed by atoms with Crippen LogP contribution in [0, 0.1) is 30.5 Å².